The molecule has 2 atom stereocenters. The van der Waals surface area contributed by atoms with Crippen LogP contribution in [-0.4, -0.2) is 42.8 Å². The van der Waals surface area contributed by atoms with Crippen molar-refractivity contribution in [2.75, 3.05) is 24.9 Å². The predicted molar refractivity (Wildman–Crippen MR) is 74.5 cm³/mol. The van der Waals surface area contributed by atoms with E-state index in [2.05, 4.69) is 15.0 Å². The first-order chi connectivity index (χ1) is 9.04. The Kier molecular flexibility index (Phi) is 3.98. The van der Waals surface area contributed by atoms with Crippen molar-refractivity contribution in [1.29, 1.82) is 0 Å². The van der Waals surface area contributed by atoms with Gasteiger partial charge in [0.15, 0.2) is 11.2 Å². The fourth-order valence-electron chi connectivity index (χ4n) is 1.95. The number of ether oxygens (including phenoxy) is 1. The fourth-order valence-corrected chi connectivity index (χ4v) is 2.63. The molecule has 0 amide bonds. The van der Waals surface area contributed by atoms with E-state index in [4.69, 9.17) is 10.5 Å². The van der Waals surface area contributed by atoms with E-state index in [1.165, 1.54) is 13.4 Å². The van der Waals surface area contributed by atoms with Crippen LogP contribution in [0.15, 0.2) is 6.33 Å². The average molecular weight is 283 g/mol. The summed E-state index contributed by atoms with van der Waals surface area (Å²) in [4.78, 5) is 12.5. The minimum Gasteiger partial charge on any atom is -0.479 e. The average Bonchev–Trinajstić information content (AvgIpc) is 2.71. The molecule has 2 aromatic rings. The lowest BCUT2D eigenvalue weighted by Crippen LogP contribution is -2.12. The van der Waals surface area contributed by atoms with Gasteiger partial charge in [-0.05, 0) is 13.3 Å². The second-order valence-corrected chi connectivity index (χ2v) is 5.86. The molecule has 0 aliphatic heterocycles. The standard InChI is InChI=1S/C11H17N5O2S/c1-7(4-5-19(3)17)16-9-8(15-11(16)12)10(18-2)14-6-13-9/h6-7H,4-5H2,1-3H3,(H2,12,15). The van der Waals surface area contributed by atoms with Gasteiger partial charge >= 0.3 is 0 Å². The number of rotatable bonds is 5. The summed E-state index contributed by atoms with van der Waals surface area (Å²) in [7, 11) is 0.702. The van der Waals surface area contributed by atoms with Gasteiger partial charge in [-0.1, -0.05) is 0 Å². The first kappa shape index (κ1) is 13.7. The summed E-state index contributed by atoms with van der Waals surface area (Å²) in [6.07, 6.45) is 3.85. The van der Waals surface area contributed by atoms with Crippen LogP contribution >= 0.6 is 0 Å². The number of nitrogens with two attached hydrogens (primary N) is 1. The van der Waals surface area contributed by atoms with Crippen molar-refractivity contribution < 1.29 is 8.95 Å². The SMILES string of the molecule is COc1ncnc2c1nc(N)n2C(C)CCS(C)=O. The molecule has 2 rings (SSSR count). The van der Waals surface area contributed by atoms with Crippen LogP contribution in [0, 0.1) is 0 Å². The van der Waals surface area contributed by atoms with Crippen LogP contribution in [0.2, 0.25) is 0 Å². The van der Waals surface area contributed by atoms with E-state index in [1.54, 1.807) is 6.26 Å². The highest BCUT2D eigenvalue weighted by molar-refractivity contribution is 7.84. The molecule has 0 saturated carbocycles. The summed E-state index contributed by atoms with van der Waals surface area (Å²) in [6.45, 7) is 2.00. The Bertz CT molecular complexity index is 612. The highest BCUT2D eigenvalue weighted by atomic mass is 32.2. The fraction of sp³-hybridized carbons (Fsp3) is 0.545. The molecule has 2 aromatic heterocycles. The molecular weight excluding hydrogens is 266 g/mol. The Balaban J connectivity index is 2.42. The third-order valence-corrected chi connectivity index (χ3v) is 3.74. The maximum Gasteiger partial charge on any atom is 0.245 e. The maximum absolute atomic E-state index is 11.2. The number of anilines is 1. The molecule has 8 heteroatoms. The third kappa shape index (κ3) is 2.67. The number of nitrogen functional groups attached to an aromatic ring is 1. The lowest BCUT2D eigenvalue weighted by atomic mass is 10.2. The highest BCUT2D eigenvalue weighted by Crippen LogP contribution is 2.27. The monoisotopic (exact) mass is 283 g/mol. The van der Waals surface area contributed by atoms with Crippen molar-refractivity contribution in [2.24, 2.45) is 0 Å². The molecule has 2 unspecified atom stereocenters. The summed E-state index contributed by atoms with van der Waals surface area (Å²) in [5, 5.41) is 0. The first-order valence-corrected chi connectivity index (χ1v) is 7.59. The van der Waals surface area contributed by atoms with Gasteiger partial charge in [-0.3, -0.25) is 8.78 Å². The Morgan fingerprint density at radius 2 is 2.26 bits per heavy atom. The van der Waals surface area contributed by atoms with Crippen LogP contribution in [0.3, 0.4) is 0 Å². The third-order valence-electron chi connectivity index (χ3n) is 2.93. The van der Waals surface area contributed by atoms with Gasteiger partial charge in [0.1, 0.15) is 6.33 Å². The molecular formula is C11H17N5O2S. The van der Waals surface area contributed by atoms with Crippen molar-refractivity contribution in [3.05, 3.63) is 6.33 Å². The molecule has 19 heavy (non-hydrogen) atoms. The van der Waals surface area contributed by atoms with Crippen LogP contribution < -0.4 is 10.5 Å². The number of hydrogen-bond donors (Lipinski definition) is 1. The molecule has 2 N–H and O–H groups in total. The molecule has 0 fully saturated rings. The van der Waals surface area contributed by atoms with E-state index in [0.717, 1.165) is 6.42 Å². The Hall–Kier alpha value is -1.70. The Morgan fingerprint density at radius 1 is 1.53 bits per heavy atom. The van der Waals surface area contributed by atoms with Crippen LogP contribution in [0.4, 0.5) is 5.95 Å². The summed E-state index contributed by atoms with van der Waals surface area (Å²) in [6, 6.07) is 0.0634. The molecule has 0 aromatic carbocycles. The van der Waals surface area contributed by atoms with Crippen molar-refractivity contribution in [3.8, 4) is 5.88 Å². The largest absolute Gasteiger partial charge is 0.479 e. The predicted octanol–water partition coefficient (Wildman–Crippen LogP) is 0.747. The second-order valence-electron chi connectivity index (χ2n) is 4.31. The van der Waals surface area contributed by atoms with E-state index < -0.39 is 10.8 Å². The van der Waals surface area contributed by atoms with E-state index in [9.17, 15) is 4.21 Å². The van der Waals surface area contributed by atoms with Gasteiger partial charge in [-0.15, -0.1) is 0 Å². The minimum absolute atomic E-state index is 0.0634. The van der Waals surface area contributed by atoms with Gasteiger partial charge < -0.3 is 10.5 Å². The summed E-state index contributed by atoms with van der Waals surface area (Å²) in [5.41, 5.74) is 7.12. The molecule has 0 bridgehead atoms. The van der Waals surface area contributed by atoms with Crippen molar-refractivity contribution in [1.82, 2.24) is 19.5 Å². The van der Waals surface area contributed by atoms with Crippen LogP contribution in [0.5, 0.6) is 5.88 Å². The van der Waals surface area contributed by atoms with Crippen molar-refractivity contribution >= 4 is 27.9 Å². The van der Waals surface area contributed by atoms with Gasteiger partial charge in [-0.25, -0.2) is 9.97 Å². The smallest absolute Gasteiger partial charge is 0.245 e. The first-order valence-electron chi connectivity index (χ1n) is 5.87. The molecule has 7 nitrogen and oxygen atoms in total. The Labute approximate surface area is 113 Å². The molecule has 0 spiro atoms. The van der Waals surface area contributed by atoms with Crippen LogP contribution in [-0.2, 0) is 10.8 Å². The highest BCUT2D eigenvalue weighted by Gasteiger charge is 2.18. The van der Waals surface area contributed by atoms with E-state index in [-0.39, 0.29) is 6.04 Å². The summed E-state index contributed by atoms with van der Waals surface area (Å²) in [5.74, 6) is 1.38. The summed E-state index contributed by atoms with van der Waals surface area (Å²) < 4.78 is 18.1. The van der Waals surface area contributed by atoms with E-state index in [1.807, 2.05) is 11.5 Å². The van der Waals surface area contributed by atoms with Crippen LogP contribution in [0.25, 0.3) is 11.2 Å². The van der Waals surface area contributed by atoms with Crippen molar-refractivity contribution in [2.45, 2.75) is 19.4 Å². The number of methoxy groups -OCH3 is 1. The zero-order chi connectivity index (χ0) is 14.0. The number of hydrogen-bond acceptors (Lipinski definition) is 6. The number of aromatic nitrogens is 4. The van der Waals surface area contributed by atoms with Crippen molar-refractivity contribution in [3.63, 3.8) is 0 Å². The zero-order valence-electron chi connectivity index (χ0n) is 11.2. The minimum atomic E-state index is -0.826. The summed E-state index contributed by atoms with van der Waals surface area (Å²) >= 11 is 0. The quantitative estimate of drug-likeness (QED) is 0.869. The lowest BCUT2D eigenvalue weighted by Gasteiger charge is -2.14. The maximum atomic E-state index is 11.2. The Morgan fingerprint density at radius 3 is 2.89 bits per heavy atom. The molecule has 104 valence electrons. The van der Waals surface area contributed by atoms with Gasteiger partial charge in [0, 0.05) is 28.9 Å². The van der Waals surface area contributed by atoms with E-state index >= 15 is 0 Å². The number of fused-ring (bicyclic) bond motifs is 1. The van der Waals surface area contributed by atoms with E-state index in [0.29, 0.717) is 28.7 Å². The normalized spacial score (nSPS) is 14.5. The number of nitrogens with zero attached hydrogens (tertiary/aromatic N) is 4. The molecule has 0 aliphatic rings. The lowest BCUT2D eigenvalue weighted by molar-refractivity contribution is 0.401. The number of imidazole rings is 1. The molecule has 0 aliphatic carbocycles. The molecule has 2 heterocycles. The topological polar surface area (TPSA) is 95.9 Å². The van der Waals surface area contributed by atoms with Gasteiger partial charge in [0.25, 0.3) is 0 Å². The zero-order valence-corrected chi connectivity index (χ0v) is 12.0. The second kappa shape index (κ2) is 5.52. The van der Waals surface area contributed by atoms with Crippen LogP contribution in [0.1, 0.15) is 19.4 Å². The van der Waals surface area contributed by atoms with Gasteiger partial charge in [0.05, 0.1) is 7.11 Å². The molecule has 0 radical (unpaired) electrons. The molecule has 0 saturated heterocycles. The van der Waals surface area contributed by atoms with Gasteiger partial charge in [0.2, 0.25) is 11.8 Å². The van der Waals surface area contributed by atoms with Gasteiger partial charge in [-0.2, -0.15) is 4.98 Å².